The molecule has 154 valence electrons. The lowest BCUT2D eigenvalue weighted by Gasteiger charge is -2.29. The molecular weight excluding hydrogens is 404 g/mol. The second kappa shape index (κ2) is 7.89. The molecule has 0 bridgehead atoms. The number of thiocarbonyl (C=S) groups is 1. The summed E-state index contributed by atoms with van der Waals surface area (Å²) in [6, 6.07) is 25.5. The minimum atomic E-state index is -0.124. The van der Waals surface area contributed by atoms with Gasteiger partial charge in [-0.15, -0.1) is 0 Å². The smallest absolute Gasteiger partial charge is 0.174 e. The zero-order valence-corrected chi connectivity index (χ0v) is 17.8. The van der Waals surface area contributed by atoms with E-state index < -0.39 is 0 Å². The summed E-state index contributed by atoms with van der Waals surface area (Å²) in [5.74, 6) is 0.225. The van der Waals surface area contributed by atoms with Crippen LogP contribution in [0.5, 0.6) is 5.75 Å². The second-order valence-electron chi connectivity index (χ2n) is 7.66. The minimum Gasteiger partial charge on any atom is -0.508 e. The van der Waals surface area contributed by atoms with Crippen molar-refractivity contribution in [2.24, 2.45) is 0 Å². The first-order valence-electron chi connectivity index (χ1n) is 10.2. The number of nitrogens with one attached hydrogen (secondary N) is 1. The van der Waals surface area contributed by atoms with Gasteiger partial charge in [-0.3, -0.25) is 4.98 Å². The molecule has 5 rings (SSSR count). The maximum absolute atomic E-state index is 9.78. The average molecular weight is 427 g/mol. The third-order valence-electron chi connectivity index (χ3n) is 5.59. The Balaban J connectivity index is 1.67. The van der Waals surface area contributed by atoms with Gasteiger partial charge in [0.2, 0.25) is 0 Å². The van der Waals surface area contributed by atoms with Crippen LogP contribution in [0.15, 0.2) is 91.3 Å². The number of benzene rings is 2. The number of anilines is 1. The van der Waals surface area contributed by atoms with E-state index in [-0.39, 0.29) is 17.8 Å². The van der Waals surface area contributed by atoms with Crippen LogP contribution in [-0.2, 0) is 0 Å². The van der Waals surface area contributed by atoms with Gasteiger partial charge >= 0.3 is 0 Å². The van der Waals surface area contributed by atoms with Gasteiger partial charge in [0.25, 0.3) is 0 Å². The fourth-order valence-corrected chi connectivity index (χ4v) is 4.54. The molecule has 1 saturated heterocycles. The van der Waals surface area contributed by atoms with Gasteiger partial charge in [0.15, 0.2) is 5.11 Å². The third kappa shape index (κ3) is 3.55. The van der Waals surface area contributed by atoms with Gasteiger partial charge < -0.3 is 19.9 Å². The number of pyridine rings is 1. The van der Waals surface area contributed by atoms with E-state index >= 15 is 0 Å². The quantitative estimate of drug-likeness (QED) is 0.447. The Morgan fingerprint density at radius 2 is 1.77 bits per heavy atom. The number of phenols is 1. The molecule has 1 aliphatic heterocycles. The molecule has 0 amide bonds. The molecule has 1 fully saturated rings. The van der Waals surface area contributed by atoms with Crippen molar-refractivity contribution >= 4 is 23.0 Å². The summed E-state index contributed by atoms with van der Waals surface area (Å²) in [6.45, 7) is 2.10. The summed E-state index contributed by atoms with van der Waals surface area (Å²) >= 11 is 5.78. The highest BCUT2D eigenvalue weighted by atomic mass is 32.1. The van der Waals surface area contributed by atoms with Crippen LogP contribution in [0.3, 0.4) is 0 Å². The summed E-state index contributed by atoms with van der Waals surface area (Å²) in [5.41, 5.74) is 5.24. The van der Waals surface area contributed by atoms with Gasteiger partial charge in [0.1, 0.15) is 11.8 Å². The van der Waals surface area contributed by atoms with Gasteiger partial charge in [0.05, 0.1) is 11.7 Å². The monoisotopic (exact) mass is 426 g/mol. The standard InChI is InChI=1S/C25H22N4OS/c1-17-6-4-7-19(16-17)28-15-5-9-22(28)24-23(21-8-2-3-14-26-21)27-25(31)29(24)18-10-12-20(30)13-11-18/h2-16,23-24,30H,1H3,(H,27,31)/t23-,24-/m1/s1. The summed E-state index contributed by atoms with van der Waals surface area (Å²) in [7, 11) is 0. The van der Waals surface area contributed by atoms with Gasteiger partial charge in [-0.05, 0) is 85.4 Å². The summed E-state index contributed by atoms with van der Waals surface area (Å²) in [6.07, 6.45) is 3.88. The molecule has 1 aliphatic rings. The number of aromatic hydroxyl groups is 1. The number of aromatic nitrogens is 2. The molecule has 4 aromatic rings. The van der Waals surface area contributed by atoms with Crippen molar-refractivity contribution in [1.82, 2.24) is 14.9 Å². The predicted octanol–water partition coefficient (Wildman–Crippen LogP) is 5.06. The van der Waals surface area contributed by atoms with Crippen LogP contribution >= 0.6 is 12.2 Å². The van der Waals surface area contributed by atoms with Gasteiger partial charge in [-0.25, -0.2) is 0 Å². The van der Waals surface area contributed by atoms with E-state index in [0.29, 0.717) is 5.11 Å². The molecule has 2 atom stereocenters. The first-order chi connectivity index (χ1) is 15.1. The maximum atomic E-state index is 9.78. The Kier molecular flexibility index (Phi) is 4.92. The number of hydrogen-bond acceptors (Lipinski definition) is 3. The van der Waals surface area contributed by atoms with E-state index in [4.69, 9.17) is 12.2 Å². The van der Waals surface area contributed by atoms with Gasteiger partial charge in [0, 0.05) is 29.5 Å². The largest absolute Gasteiger partial charge is 0.508 e. The number of rotatable bonds is 4. The van der Waals surface area contributed by atoms with Crippen molar-refractivity contribution < 1.29 is 5.11 Å². The molecule has 2 aromatic heterocycles. The zero-order valence-electron chi connectivity index (χ0n) is 17.0. The van der Waals surface area contributed by atoms with Crippen molar-refractivity contribution in [2.45, 2.75) is 19.0 Å². The van der Waals surface area contributed by atoms with E-state index in [2.05, 4.69) is 69.3 Å². The van der Waals surface area contributed by atoms with Crippen LogP contribution in [0.2, 0.25) is 0 Å². The van der Waals surface area contributed by atoms with Crippen LogP contribution < -0.4 is 10.2 Å². The van der Waals surface area contributed by atoms with Crippen LogP contribution in [0, 0.1) is 6.92 Å². The lowest BCUT2D eigenvalue weighted by atomic mass is 10.0. The number of aryl methyl sites for hydroxylation is 1. The summed E-state index contributed by atoms with van der Waals surface area (Å²) < 4.78 is 2.20. The van der Waals surface area contributed by atoms with Crippen molar-refractivity contribution in [3.63, 3.8) is 0 Å². The molecule has 2 aromatic carbocycles. The highest BCUT2D eigenvalue weighted by molar-refractivity contribution is 7.80. The molecule has 0 spiro atoms. The van der Waals surface area contributed by atoms with Crippen molar-refractivity contribution in [3.8, 4) is 11.4 Å². The van der Waals surface area contributed by atoms with Crippen LogP contribution in [0.25, 0.3) is 5.69 Å². The van der Waals surface area contributed by atoms with Crippen molar-refractivity contribution in [3.05, 3.63) is 108 Å². The Labute approximate surface area is 186 Å². The normalized spacial score (nSPS) is 18.2. The molecule has 6 heteroatoms. The van der Waals surface area contributed by atoms with Crippen LogP contribution in [0.4, 0.5) is 5.69 Å². The number of nitrogens with zero attached hydrogens (tertiary/aromatic N) is 3. The molecule has 0 radical (unpaired) electrons. The minimum absolute atomic E-state index is 0.123. The Bertz CT molecular complexity index is 1220. The van der Waals surface area contributed by atoms with E-state index in [0.717, 1.165) is 22.8 Å². The molecular formula is C25H22N4OS. The SMILES string of the molecule is Cc1cccc(-n2cccc2[C@@H]2[C@@H](c3ccccn3)NC(=S)N2c2ccc(O)cc2)c1. The molecule has 31 heavy (non-hydrogen) atoms. The highest BCUT2D eigenvalue weighted by Gasteiger charge is 2.42. The van der Waals surface area contributed by atoms with Crippen LogP contribution in [-0.4, -0.2) is 19.8 Å². The van der Waals surface area contributed by atoms with E-state index in [1.165, 1.54) is 5.56 Å². The highest BCUT2D eigenvalue weighted by Crippen LogP contribution is 2.42. The molecule has 2 N–H and O–H groups in total. The lowest BCUT2D eigenvalue weighted by Crippen LogP contribution is -2.30. The fraction of sp³-hybridized carbons (Fsp3) is 0.120. The Hall–Kier alpha value is -3.64. The predicted molar refractivity (Wildman–Crippen MR) is 127 cm³/mol. The molecule has 0 saturated carbocycles. The maximum Gasteiger partial charge on any atom is 0.174 e. The molecule has 0 unspecified atom stereocenters. The first kappa shape index (κ1) is 19.3. The van der Waals surface area contributed by atoms with E-state index in [9.17, 15) is 5.11 Å². The molecule has 3 heterocycles. The Morgan fingerprint density at radius 1 is 0.935 bits per heavy atom. The average Bonchev–Trinajstić information content (AvgIpc) is 3.39. The van der Waals surface area contributed by atoms with Crippen molar-refractivity contribution in [1.29, 1.82) is 0 Å². The number of phenolic OH excluding ortho intramolecular Hbond substituents is 1. The van der Waals surface area contributed by atoms with E-state index in [1.54, 1.807) is 18.3 Å². The molecule has 5 nitrogen and oxygen atoms in total. The lowest BCUT2D eigenvalue weighted by molar-refractivity contribution is 0.475. The fourth-order valence-electron chi connectivity index (χ4n) is 4.19. The zero-order chi connectivity index (χ0) is 21.4. The van der Waals surface area contributed by atoms with Gasteiger partial charge in [-0.2, -0.15) is 0 Å². The number of hydrogen-bond donors (Lipinski definition) is 2. The first-order valence-corrected chi connectivity index (χ1v) is 10.6. The van der Waals surface area contributed by atoms with E-state index in [1.807, 2.05) is 30.3 Å². The second-order valence-corrected chi connectivity index (χ2v) is 8.04. The van der Waals surface area contributed by atoms with Crippen molar-refractivity contribution in [2.75, 3.05) is 4.90 Å². The summed E-state index contributed by atoms with van der Waals surface area (Å²) in [4.78, 5) is 6.72. The summed E-state index contributed by atoms with van der Waals surface area (Å²) in [5, 5.41) is 13.9. The van der Waals surface area contributed by atoms with Gasteiger partial charge in [-0.1, -0.05) is 18.2 Å². The Morgan fingerprint density at radius 3 is 2.52 bits per heavy atom. The topological polar surface area (TPSA) is 53.3 Å². The third-order valence-corrected chi connectivity index (χ3v) is 5.90. The van der Waals surface area contributed by atoms with Crippen LogP contribution in [0.1, 0.15) is 29.0 Å². The molecule has 0 aliphatic carbocycles.